The Kier molecular flexibility index (Phi) is 6.60. The van der Waals surface area contributed by atoms with Gasteiger partial charge in [0.05, 0.1) is 0 Å². The first-order valence-electron chi connectivity index (χ1n) is 6.18. The van der Waals surface area contributed by atoms with E-state index >= 15 is 0 Å². The topological polar surface area (TPSA) is 75.6 Å². The van der Waals surface area contributed by atoms with Crippen LogP contribution in [-0.4, -0.2) is 36.7 Å². The van der Waals surface area contributed by atoms with Crippen LogP contribution in [0.3, 0.4) is 0 Å². The fourth-order valence-corrected chi connectivity index (χ4v) is 1.69. The maximum absolute atomic E-state index is 11.6. The van der Waals surface area contributed by atoms with Crippen molar-refractivity contribution < 1.29 is 19.4 Å². The first kappa shape index (κ1) is 15.2. The van der Waals surface area contributed by atoms with E-state index in [0.29, 0.717) is 13.0 Å². The van der Waals surface area contributed by atoms with E-state index in [1.165, 1.54) is 0 Å². The van der Waals surface area contributed by atoms with Gasteiger partial charge in [-0.2, -0.15) is 0 Å². The van der Waals surface area contributed by atoms with Crippen molar-refractivity contribution in [1.29, 1.82) is 0 Å². The number of aliphatic carboxylic acids is 1. The van der Waals surface area contributed by atoms with E-state index in [1.807, 2.05) is 30.3 Å². The fourth-order valence-electron chi connectivity index (χ4n) is 1.69. The van der Waals surface area contributed by atoms with E-state index in [9.17, 15) is 9.59 Å². The third-order valence-corrected chi connectivity index (χ3v) is 2.67. The van der Waals surface area contributed by atoms with Crippen molar-refractivity contribution in [3.8, 4) is 0 Å². The summed E-state index contributed by atoms with van der Waals surface area (Å²) in [6.07, 6.45) is 1.14. The normalized spacial score (nSPS) is 11.8. The lowest BCUT2D eigenvalue weighted by Crippen LogP contribution is -2.42. The highest BCUT2D eigenvalue weighted by Gasteiger charge is 2.19. The van der Waals surface area contributed by atoms with Gasteiger partial charge in [0.2, 0.25) is 5.91 Å². The van der Waals surface area contributed by atoms with Gasteiger partial charge in [0.25, 0.3) is 0 Å². The minimum absolute atomic E-state index is 0.264. The molecule has 0 spiro atoms. The van der Waals surface area contributed by atoms with Crippen molar-refractivity contribution in [2.45, 2.75) is 25.3 Å². The number of ether oxygens (including phenoxy) is 1. The van der Waals surface area contributed by atoms with Gasteiger partial charge in [-0.25, -0.2) is 4.79 Å². The van der Waals surface area contributed by atoms with Crippen LogP contribution in [0.25, 0.3) is 0 Å². The number of hydrogen-bond donors (Lipinski definition) is 2. The van der Waals surface area contributed by atoms with E-state index in [4.69, 9.17) is 9.84 Å². The molecule has 104 valence electrons. The van der Waals surface area contributed by atoms with Gasteiger partial charge in [-0.3, -0.25) is 4.79 Å². The number of carbonyl (C=O) groups is 2. The Morgan fingerprint density at radius 1 is 1.32 bits per heavy atom. The molecule has 0 aliphatic heterocycles. The largest absolute Gasteiger partial charge is 0.480 e. The molecule has 0 heterocycles. The molecule has 1 rings (SSSR count). The highest BCUT2D eigenvalue weighted by molar-refractivity contribution is 5.83. The van der Waals surface area contributed by atoms with E-state index in [1.54, 1.807) is 7.11 Å². The van der Waals surface area contributed by atoms with Crippen LogP contribution in [0.2, 0.25) is 0 Å². The summed E-state index contributed by atoms with van der Waals surface area (Å²) >= 11 is 0. The number of nitrogens with one attached hydrogen (secondary N) is 1. The van der Waals surface area contributed by atoms with Crippen molar-refractivity contribution >= 4 is 11.9 Å². The van der Waals surface area contributed by atoms with Gasteiger partial charge in [-0.05, 0) is 12.0 Å². The van der Waals surface area contributed by atoms with Crippen molar-refractivity contribution in [1.82, 2.24) is 5.32 Å². The van der Waals surface area contributed by atoms with Crippen LogP contribution in [0.1, 0.15) is 18.4 Å². The Morgan fingerprint density at radius 2 is 2.00 bits per heavy atom. The number of hydrogen-bond acceptors (Lipinski definition) is 3. The highest BCUT2D eigenvalue weighted by Crippen LogP contribution is 2.04. The summed E-state index contributed by atoms with van der Waals surface area (Å²) in [7, 11) is 1.56. The molecule has 1 amide bonds. The zero-order chi connectivity index (χ0) is 14.1. The van der Waals surface area contributed by atoms with Gasteiger partial charge >= 0.3 is 5.97 Å². The fraction of sp³-hybridized carbons (Fsp3) is 0.429. The average Bonchev–Trinajstić information content (AvgIpc) is 2.39. The summed E-state index contributed by atoms with van der Waals surface area (Å²) in [4.78, 5) is 22.7. The van der Waals surface area contributed by atoms with Crippen LogP contribution in [0.15, 0.2) is 30.3 Å². The average molecular weight is 265 g/mol. The van der Waals surface area contributed by atoms with Gasteiger partial charge in [0, 0.05) is 26.6 Å². The molecule has 2 N–H and O–H groups in total. The van der Waals surface area contributed by atoms with E-state index in [0.717, 1.165) is 5.56 Å². The Labute approximate surface area is 112 Å². The Morgan fingerprint density at radius 3 is 2.58 bits per heavy atom. The quantitative estimate of drug-likeness (QED) is 0.693. The Bertz CT molecular complexity index is 405. The third-order valence-electron chi connectivity index (χ3n) is 2.67. The monoisotopic (exact) mass is 265 g/mol. The Hall–Kier alpha value is -1.88. The molecule has 0 fully saturated rings. The van der Waals surface area contributed by atoms with Gasteiger partial charge in [-0.1, -0.05) is 30.3 Å². The van der Waals surface area contributed by atoms with Gasteiger partial charge < -0.3 is 15.2 Å². The van der Waals surface area contributed by atoms with Crippen LogP contribution in [0.4, 0.5) is 0 Å². The summed E-state index contributed by atoms with van der Waals surface area (Å²) in [5.41, 5.74) is 0.882. The second-order valence-electron chi connectivity index (χ2n) is 4.24. The molecule has 1 atom stereocenters. The van der Waals surface area contributed by atoms with Crippen molar-refractivity contribution in [2.75, 3.05) is 13.7 Å². The second kappa shape index (κ2) is 8.26. The maximum Gasteiger partial charge on any atom is 0.326 e. The molecule has 19 heavy (non-hydrogen) atoms. The van der Waals surface area contributed by atoms with E-state index in [-0.39, 0.29) is 18.7 Å². The lowest BCUT2D eigenvalue weighted by atomic mass is 10.1. The SMILES string of the molecule is COCCCC(=O)N[C@@H](Cc1ccccc1)C(=O)O. The van der Waals surface area contributed by atoms with Gasteiger partial charge in [0.15, 0.2) is 0 Å². The number of amides is 1. The number of rotatable bonds is 8. The smallest absolute Gasteiger partial charge is 0.326 e. The van der Waals surface area contributed by atoms with Crippen LogP contribution >= 0.6 is 0 Å². The lowest BCUT2D eigenvalue weighted by Gasteiger charge is -2.14. The molecular formula is C14H19NO4. The molecule has 0 unspecified atom stereocenters. The minimum atomic E-state index is -1.02. The summed E-state index contributed by atoms with van der Waals surface area (Å²) in [6.45, 7) is 0.490. The summed E-state index contributed by atoms with van der Waals surface area (Å²) in [5.74, 6) is -1.29. The molecule has 0 saturated carbocycles. The van der Waals surface area contributed by atoms with Gasteiger partial charge in [0.1, 0.15) is 6.04 Å². The number of benzene rings is 1. The van der Waals surface area contributed by atoms with Gasteiger partial charge in [-0.15, -0.1) is 0 Å². The molecule has 5 nitrogen and oxygen atoms in total. The Balaban J connectivity index is 2.49. The third kappa shape index (κ3) is 6.01. The summed E-state index contributed by atoms with van der Waals surface area (Å²) in [5, 5.41) is 11.6. The molecule has 0 saturated heterocycles. The maximum atomic E-state index is 11.6. The molecule has 1 aromatic rings. The van der Waals surface area contributed by atoms with Crippen molar-refractivity contribution in [3.63, 3.8) is 0 Å². The van der Waals surface area contributed by atoms with E-state index in [2.05, 4.69) is 5.32 Å². The first-order valence-corrected chi connectivity index (χ1v) is 6.18. The first-order chi connectivity index (χ1) is 9.13. The summed E-state index contributed by atoms with van der Waals surface area (Å²) < 4.78 is 4.84. The zero-order valence-electron chi connectivity index (χ0n) is 11.0. The molecule has 0 aliphatic carbocycles. The molecular weight excluding hydrogens is 246 g/mol. The van der Waals surface area contributed by atoms with Crippen molar-refractivity contribution in [3.05, 3.63) is 35.9 Å². The predicted octanol–water partition coefficient (Wildman–Crippen LogP) is 1.23. The lowest BCUT2D eigenvalue weighted by molar-refractivity contribution is -0.141. The van der Waals surface area contributed by atoms with Crippen LogP contribution in [0.5, 0.6) is 0 Å². The minimum Gasteiger partial charge on any atom is -0.480 e. The second-order valence-corrected chi connectivity index (χ2v) is 4.24. The van der Waals surface area contributed by atoms with E-state index < -0.39 is 12.0 Å². The molecule has 1 aromatic carbocycles. The number of carboxylic acid groups (broad SMARTS) is 1. The molecule has 0 radical (unpaired) electrons. The molecule has 0 bridgehead atoms. The number of carboxylic acids is 1. The standard InChI is InChI=1S/C14H19NO4/c1-19-9-5-8-13(16)15-12(14(17)18)10-11-6-3-2-4-7-11/h2-4,6-7,12H,5,8-10H2,1H3,(H,15,16)(H,17,18)/t12-/m0/s1. The summed E-state index contributed by atoms with van der Waals surface area (Å²) in [6, 6.07) is 8.34. The number of carbonyl (C=O) groups excluding carboxylic acids is 1. The zero-order valence-corrected chi connectivity index (χ0v) is 11.0. The van der Waals surface area contributed by atoms with Crippen LogP contribution in [0, 0.1) is 0 Å². The van der Waals surface area contributed by atoms with Crippen molar-refractivity contribution in [2.24, 2.45) is 0 Å². The molecule has 0 aromatic heterocycles. The number of methoxy groups -OCH3 is 1. The van der Waals surface area contributed by atoms with Crippen LogP contribution in [-0.2, 0) is 20.7 Å². The predicted molar refractivity (Wildman–Crippen MR) is 70.8 cm³/mol. The molecule has 0 aliphatic rings. The highest BCUT2D eigenvalue weighted by atomic mass is 16.5. The van der Waals surface area contributed by atoms with Crippen LogP contribution < -0.4 is 5.32 Å². The molecule has 5 heteroatoms.